The lowest BCUT2D eigenvalue weighted by Crippen LogP contribution is -2.49. The van der Waals surface area contributed by atoms with E-state index in [1.807, 2.05) is 12.4 Å². The van der Waals surface area contributed by atoms with E-state index in [0.717, 1.165) is 11.4 Å². The van der Waals surface area contributed by atoms with Crippen LogP contribution in [0, 0.1) is 41.5 Å². The van der Waals surface area contributed by atoms with Crippen LogP contribution in [0.4, 0.5) is 11.4 Å². The molecule has 0 aromatic heterocycles. The van der Waals surface area contributed by atoms with E-state index in [-0.39, 0.29) is 6.29 Å². The molecular weight excluding hydrogens is 310 g/mol. The zero-order chi connectivity index (χ0) is 18.3. The lowest BCUT2D eigenvalue weighted by Gasteiger charge is -2.34. The smallest absolute Gasteiger partial charge is 0.187 e. The minimum absolute atomic E-state index is 0.375. The Morgan fingerprint density at radius 1 is 0.680 bits per heavy atom. The van der Waals surface area contributed by atoms with Crippen molar-refractivity contribution in [3.05, 3.63) is 70.0 Å². The highest BCUT2D eigenvalue weighted by molar-refractivity contribution is 5.70. The van der Waals surface area contributed by atoms with E-state index in [1.165, 1.54) is 33.4 Å². The number of hydrogen-bond donors (Lipinski definition) is 2. The van der Waals surface area contributed by atoms with Gasteiger partial charge in [0.15, 0.2) is 6.29 Å². The predicted octanol–water partition coefficient (Wildman–Crippen LogP) is 4.60. The number of aryl methyl sites for hydroxylation is 6. The monoisotopic (exact) mass is 337 g/mol. The van der Waals surface area contributed by atoms with Crippen molar-refractivity contribution in [2.75, 3.05) is 9.80 Å². The van der Waals surface area contributed by atoms with E-state index in [2.05, 4.69) is 81.1 Å². The Kier molecular flexibility index (Phi) is 4.58. The highest BCUT2D eigenvalue weighted by atomic mass is 16.5. The molecule has 25 heavy (non-hydrogen) atoms. The molecule has 0 unspecified atom stereocenters. The standard InChI is InChI=1S/C21H27N3O/c1-13-9-15(3)19(16(4)10-13)23-7-8-24(21(23)22-25)20-17(5)11-14(2)12-18(20)6/h7-12,21-22,25H,1-6H3. The third-order valence-corrected chi connectivity index (χ3v) is 4.82. The largest absolute Gasteiger partial charge is 0.313 e. The fourth-order valence-corrected chi connectivity index (χ4v) is 4.12. The number of nitrogens with zero attached hydrogens (tertiary/aromatic N) is 2. The molecule has 0 fully saturated rings. The maximum absolute atomic E-state index is 9.93. The lowest BCUT2D eigenvalue weighted by atomic mass is 10.0. The van der Waals surface area contributed by atoms with Gasteiger partial charge in [0.25, 0.3) is 0 Å². The van der Waals surface area contributed by atoms with Gasteiger partial charge in [0.2, 0.25) is 0 Å². The lowest BCUT2D eigenvalue weighted by molar-refractivity contribution is 0.132. The molecule has 2 N–H and O–H groups in total. The van der Waals surface area contributed by atoms with Crippen molar-refractivity contribution in [1.82, 2.24) is 5.48 Å². The molecule has 2 aromatic rings. The summed E-state index contributed by atoms with van der Waals surface area (Å²) in [5.41, 5.74) is 12.0. The highest BCUT2D eigenvalue weighted by Crippen LogP contribution is 2.35. The minimum atomic E-state index is -0.375. The number of nitrogens with one attached hydrogen (secondary N) is 1. The topological polar surface area (TPSA) is 38.7 Å². The molecule has 0 bridgehead atoms. The molecular formula is C21H27N3O. The van der Waals surface area contributed by atoms with Crippen LogP contribution in [0.1, 0.15) is 33.4 Å². The Hall–Kier alpha value is -2.30. The van der Waals surface area contributed by atoms with Crippen LogP contribution in [0.25, 0.3) is 0 Å². The number of hydroxylamine groups is 1. The summed E-state index contributed by atoms with van der Waals surface area (Å²) in [6.07, 6.45) is 3.68. The van der Waals surface area contributed by atoms with E-state index in [4.69, 9.17) is 0 Å². The second kappa shape index (κ2) is 6.54. The third-order valence-electron chi connectivity index (χ3n) is 4.82. The molecule has 4 nitrogen and oxygen atoms in total. The van der Waals surface area contributed by atoms with E-state index in [9.17, 15) is 5.21 Å². The Balaban J connectivity index is 2.05. The molecule has 0 aliphatic carbocycles. The average Bonchev–Trinajstić information content (AvgIpc) is 2.88. The predicted molar refractivity (Wildman–Crippen MR) is 104 cm³/mol. The second-order valence-corrected chi connectivity index (χ2v) is 7.11. The van der Waals surface area contributed by atoms with Crippen LogP contribution in [0.5, 0.6) is 0 Å². The Morgan fingerprint density at radius 2 is 1.00 bits per heavy atom. The molecule has 1 heterocycles. The second-order valence-electron chi connectivity index (χ2n) is 7.11. The van der Waals surface area contributed by atoms with Gasteiger partial charge >= 0.3 is 0 Å². The Bertz CT molecular complexity index is 728. The van der Waals surface area contributed by atoms with Gasteiger partial charge in [0.05, 0.1) is 0 Å². The molecule has 1 aliphatic heterocycles. The van der Waals surface area contributed by atoms with E-state index < -0.39 is 0 Å². The van der Waals surface area contributed by atoms with Crippen LogP contribution >= 0.6 is 0 Å². The van der Waals surface area contributed by atoms with E-state index >= 15 is 0 Å². The maximum atomic E-state index is 9.93. The number of benzene rings is 2. The van der Waals surface area contributed by atoms with Gasteiger partial charge < -0.3 is 15.0 Å². The van der Waals surface area contributed by atoms with Gasteiger partial charge in [-0.05, 0) is 63.8 Å². The maximum Gasteiger partial charge on any atom is 0.187 e. The van der Waals surface area contributed by atoms with Crippen LogP contribution < -0.4 is 15.3 Å². The van der Waals surface area contributed by atoms with Gasteiger partial charge in [-0.25, -0.2) is 0 Å². The molecule has 0 radical (unpaired) electrons. The molecule has 4 heteroatoms. The van der Waals surface area contributed by atoms with Gasteiger partial charge in [0, 0.05) is 23.8 Å². The van der Waals surface area contributed by atoms with Gasteiger partial charge in [-0.15, -0.1) is 0 Å². The number of anilines is 2. The van der Waals surface area contributed by atoms with Crippen molar-refractivity contribution < 1.29 is 5.21 Å². The quantitative estimate of drug-likeness (QED) is 0.803. The first kappa shape index (κ1) is 17.5. The van der Waals surface area contributed by atoms with Crippen LogP contribution in [0.15, 0.2) is 36.7 Å². The van der Waals surface area contributed by atoms with Gasteiger partial charge in [0.1, 0.15) is 0 Å². The average molecular weight is 337 g/mol. The van der Waals surface area contributed by atoms with Crippen molar-refractivity contribution in [1.29, 1.82) is 0 Å². The summed E-state index contributed by atoms with van der Waals surface area (Å²) in [5, 5.41) is 9.93. The Labute approximate surface area is 150 Å². The zero-order valence-corrected chi connectivity index (χ0v) is 15.9. The summed E-state index contributed by atoms with van der Waals surface area (Å²) in [5.74, 6) is 0. The fraction of sp³-hybridized carbons (Fsp3) is 0.333. The molecule has 0 amide bonds. The molecule has 132 valence electrons. The third kappa shape index (κ3) is 3.03. The fourth-order valence-electron chi connectivity index (χ4n) is 4.12. The first-order chi connectivity index (χ1) is 11.8. The van der Waals surface area contributed by atoms with Crippen molar-refractivity contribution in [2.45, 2.75) is 47.8 Å². The van der Waals surface area contributed by atoms with E-state index in [1.54, 1.807) is 0 Å². The van der Waals surface area contributed by atoms with Crippen molar-refractivity contribution in [3.8, 4) is 0 Å². The molecule has 3 rings (SSSR count). The number of rotatable bonds is 3. The minimum Gasteiger partial charge on any atom is -0.313 e. The van der Waals surface area contributed by atoms with Gasteiger partial charge in [-0.2, -0.15) is 5.48 Å². The first-order valence-electron chi connectivity index (χ1n) is 8.64. The molecule has 0 saturated heterocycles. The van der Waals surface area contributed by atoms with Crippen molar-refractivity contribution >= 4 is 11.4 Å². The van der Waals surface area contributed by atoms with Gasteiger partial charge in [-0.1, -0.05) is 35.4 Å². The summed E-state index contributed by atoms with van der Waals surface area (Å²) < 4.78 is 0. The molecule has 0 atom stereocenters. The van der Waals surface area contributed by atoms with Gasteiger partial charge in [-0.3, -0.25) is 0 Å². The first-order valence-corrected chi connectivity index (χ1v) is 8.64. The summed E-state index contributed by atoms with van der Waals surface area (Å²) in [6, 6.07) is 8.70. The van der Waals surface area contributed by atoms with Crippen LogP contribution in [-0.2, 0) is 0 Å². The summed E-state index contributed by atoms with van der Waals surface area (Å²) in [6.45, 7) is 12.7. The van der Waals surface area contributed by atoms with Crippen LogP contribution in [-0.4, -0.2) is 11.5 Å². The summed E-state index contributed by atoms with van der Waals surface area (Å²) in [4.78, 5) is 4.17. The molecule has 1 aliphatic rings. The van der Waals surface area contributed by atoms with E-state index in [0.29, 0.717) is 0 Å². The van der Waals surface area contributed by atoms with Crippen LogP contribution in [0.3, 0.4) is 0 Å². The van der Waals surface area contributed by atoms with Crippen molar-refractivity contribution in [3.63, 3.8) is 0 Å². The molecule has 0 spiro atoms. The molecule has 0 saturated carbocycles. The summed E-state index contributed by atoms with van der Waals surface area (Å²) >= 11 is 0. The normalized spacial score (nSPS) is 14.7. The number of hydrogen-bond acceptors (Lipinski definition) is 4. The summed E-state index contributed by atoms with van der Waals surface area (Å²) in [7, 11) is 0. The van der Waals surface area contributed by atoms with Crippen molar-refractivity contribution in [2.24, 2.45) is 0 Å². The van der Waals surface area contributed by atoms with Crippen LogP contribution in [0.2, 0.25) is 0 Å². The molecule has 2 aromatic carbocycles. The zero-order valence-electron chi connectivity index (χ0n) is 15.9. The highest BCUT2D eigenvalue weighted by Gasteiger charge is 2.31. The SMILES string of the molecule is Cc1cc(C)c(N2C=CN(c3c(C)cc(C)cc3C)C2NO)c(C)c1. The Morgan fingerprint density at radius 3 is 1.28 bits per heavy atom.